The Morgan fingerprint density at radius 2 is 1.59 bits per heavy atom. The van der Waals surface area contributed by atoms with Crippen molar-refractivity contribution in [1.82, 2.24) is 4.90 Å². The SMILES string of the molecule is CN(CC(=O)Nc1ccccc1)C(=O)c1ccc(CSc2ccc(Cl)cc2)cc1. The van der Waals surface area contributed by atoms with E-state index < -0.39 is 0 Å². The Bertz CT molecular complexity index is 960. The van der Waals surface area contributed by atoms with Crippen LogP contribution in [0.4, 0.5) is 5.69 Å². The molecule has 3 aromatic rings. The van der Waals surface area contributed by atoms with Crippen molar-refractivity contribution >= 4 is 40.9 Å². The summed E-state index contributed by atoms with van der Waals surface area (Å²) in [5, 5.41) is 3.50. The topological polar surface area (TPSA) is 49.4 Å². The molecule has 0 saturated carbocycles. The monoisotopic (exact) mass is 424 g/mol. The van der Waals surface area contributed by atoms with E-state index >= 15 is 0 Å². The van der Waals surface area contributed by atoms with E-state index in [0.717, 1.165) is 21.2 Å². The number of rotatable bonds is 7. The van der Waals surface area contributed by atoms with E-state index in [2.05, 4.69) is 5.32 Å². The molecule has 0 heterocycles. The summed E-state index contributed by atoms with van der Waals surface area (Å²) < 4.78 is 0. The van der Waals surface area contributed by atoms with E-state index in [1.165, 1.54) is 4.90 Å². The standard InChI is InChI=1S/C23H21ClN2O2S/c1-26(15-22(27)25-20-5-3-2-4-6-20)23(28)18-9-7-17(8-10-18)16-29-21-13-11-19(24)12-14-21/h2-14H,15-16H2,1H3,(H,25,27). The Kier molecular flexibility index (Phi) is 7.33. The largest absolute Gasteiger partial charge is 0.332 e. The van der Waals surface area contributed by atoms with E-state index in [1.54, 1.807) is 43.1 Å². The molecule has 0 aromatic heterocycles. The highest BCUT2D eigenvalue weighted by Gasteiger charge is 2.15. The van der Waals surface area contributed by atoms with Gasteiger partial charge in [0.15, 0.2) is 0 Å². The van der Waals surface area contributed by atoms with Gasteiger partial charge in [0.05, 0.1) is 6.54 Å². The van der Waals surface area contributed by atoms with E-state index in [-0.39, 0.29) is 18.4 Å². The minimum Gasteiger partial charge on any atom is -0.332 e. The van der Waals surface area contributed by atoms with Gasteiger partial charge in [-0.1, -0.05) is 41.9 Å². The lowest BCUT2D eigenvalue weighted by Crippen LogP contribution is -2.34. The van der Waals surface area contributed by atoms with Gasteiger partial charge in [-0.25, -0.2) is 0 Å². The number of halogens is 1. The summed E-state index contributed by atoms with van der Waals surface area (Å²) in [6.07, 6.45) is 0. The van der Waals surface area contributed by atoms with Crippen molar-refractivity contribution in [3.8, 4) is 0 Å². The van der Waals surface area contributed by atoms with Crippen molar-refractivity contribution in [2.45, 2.75) is 10.6 Å². The lowest BCUT2D eigenvalue weighted by atomic mass is 10.1. The second-order valence-electron chi connectivity index (χ2n) is 6.51. The zero-order valence-corrected chi connectivity index (χ0v) is 17.5. The summed E-state index contributed by atoms with van der Waals surface area (Å²) >= 11 is 7.61. The van der Waals surface area contributed by atoms with Gasteiger partial charge in [-0.3, -0.25) is 9.59 Å². The van der Waals surface area contributed by atoms with Crippen molar-refractivity contribution in [1.29, 1.82) is 0 Å². The number of nitrogens with zero attached hydrogens (tertiary/aromatic N) is 1. The number of para-hydroxylation sites is 1. The second-order valence-corrected chi connectivity index (χ2v) is 8.00. The van der Waals surface area contributed by atoms with Gasteiger partial charge < -0.3 is 10.2 Å². The number of thioether (sulfide) groups is 1. The third-order valence-electron chi connectivity index (χ3n) is 4.21. The number of amides is 2. The van der Waals surface area contributed by atoms with Gasteiger partial charge in [0, 0.05) is 34.0 Å². The number of hydrogen-bond acceptors (Lipinski definition) is 3. The van der Waals surface area contributed by atoms with Crippen LogP contribution in [0.5, 0.6) is 0 Å². The summed E-state index contributed by atoms with van der Waals surface area (Å²) in [6.45, 7) is -0.0120. The fourth-order valence-electron chi connectivity index (χ4n) is 2.67. The lowest BCUT2D eigenvalue weighted by molar-refractivity contribution is -0.116. The average Bonchev–Trinajstić information content (AvgIpc) is 2.74. The first-order valence-corrected chi connectivity index (χ1v) is 10.5. The Hall–Kier alpha value is -2.76. The van der Waals surface area contributed by atoms with E-state index in [0.29, 0.717) is 11.3 Å². The van der Waals surface area contributed by atoms with E-state index in [9.17, 15) is 9.59 Å². The predicted molar refractivity (Wildman–Crippen MR) is 119 cm³/mol. The summed E-state index contributed by atoms with van der Waals surface area (Å²) in [7, 11) is 1.62. The maximum atomic E-state index is 12.6. The molecular weight excluding hydrogens is 404 g/mol. The molecule has 3 aromatic carbocycles. The van der Waals surface area contributed by atoms with Crippen LogP contribution in [0.25, 0.3) is 0 Å². The first-order valence-electron chi connectivity index (χ1n) is 9.09. The van der Waals surface area contributed by atoms with E-state index in [4.69, 9.17) is 11.6 Å². The van der Waals surface area contributed by atoms with Crippen LogP contribution in [-0.2, 0) is 10.5 Å². The molecule has 3 rings (SSSR count). The van der Waals surface area contributed by atoms with Crippen LogP contribution in [0.15, 0.2) is 83.8 Å². The molecule has 0 unspecified atom stereocenters. The Morgan fingerprint density at radius 3 is 2.24 bits per heavy atom. The average molecular weight is 425 g/mol. The highest BCUT2D eigenvalue weighted by atomic mass is 35.5. The van der Waals surface area contributed by atoms with Crippen LogP contribution in [0, 0.1) is 0 Å². The smallest absolute Gasteiger partial charge is 0.254 e. The van der Waals surface area contributed by atoms with Crippen LogP contribution in [0.3, 0.4) is 0 Å². The zero-order valence-electron chi connectivity index (χ0n) is 16.0. The summed E-state index contributed by atoms with van der Waals surface area (Å²) in [6, 6.07) is 24.4. The molecule has 0 aliphatic carbocycles. The van der Waals surface area contributed by atoms with Crippen molar-refractivity contribution in [2.75, 3.05) is 18.9 Å². The van der Waals surface area contributed by atoms with Gasteiger partial charge in [-0.15, -0.1) is 11.8 Å². The van der Waals surface area contributed by atoms with Crippen molar-refractivity contribution in [3.63, 3.8) is 0 Å². The summed E-state index contributed by atoms with van der Waals surface area (Å²) in [5.41, 5.74) is 2.38. The molecule has 148 valence electrons. The molecular formula is C23H21ClN2O2S. The molecule has 0 bridgehead atoms. The number of nitrogens with one attached hydrogen (secondary N) is 1. The third kappa shape index (κ3) is 6.38. The molecule has 29 heavy (non-hydrogen) atoms. The van der Waals surface area contributed by atoms with Crippen molar-refractivity contribution < 1.29 is 9.59 Å². The number of likely N-dealkylation sites (N-methyl/N-ethyl adjacent to an activating group) is 1. The van der Waals surface area contributed by atoms with Crippen LogP contribution < -0.4 is 5.32 Å². The Balaban J connectivity index is 1.52. The fraction of sp³-hybridized carbons (Fsp3) is 0.130. The zero-order chi connectivity index (χ0) is 20.6. The molecule has 0 atom stereocenters. The number of carbonyl (C=O) groups excluding carboxylic acids is 2. The maximum Gasteiger partial charge on any atom is 0.254 e. The molecule has 4 nitrogen and oxygen atoms in total. The van der Waals surface area contributed by atoms with Crippen LogP contribution in [0.1, 0.15) is 15.9 Å². The predicted octanol–water partition coefficient (Wildman–Crippen LogP) is 5.34. The van der Waals surface area contributed by atoms with Crippen LogP contribution in [-0.4, -0.2) is 30.3 Å². The molecule has 0 saturated heterocycles. The lowest BCUT2D eigenvalue weighted by Gasteiger charge is -2.17. The minimum absolute atomic E-state index is 0.0120. The first-order chi connectivity index (χ1) is 14.0. The molecule has 0 aliphatic rings. The number of anilines is 1. The molecule has 2 amide bonds. The summed E-state index contributed by atoms with van der Waals surface area (Å²) in [4.78, 5) is 27.3. The van der Waals surface area contributed by atoms with Gasteiger partial charge >= 0.3 is 0 Å². The molecule has 0 fully saturated rings. The highest BCUT2D eigenvalue weighted by Crippen LogP contribution is 2.24. The third-order valence-corrected chi connectivity index (χ3v) is 5.54. The number of hydrogen-bond donors (Lipinski definition) is 1. The second kappa shape index (κ2) is 10.1. The molecule has 0 radical (unpaired) electrons. The Labute approximate surface area is 179 Å². The highest BCUT2D eigenvalue weighted by molar-refractivity contribution is 7.98. The Morgan fingerprint density at radius 1 is 0.931 bits per heavy atom. The molecule has 6 heteroatoms. The summed E-state index contributed by atoms with van der Waals surface area (Å²) in [5.74, 6) is 0.374. The minimum atomic E-state index is -0.233. The van der Waals surface area contributed by atoms with Gasteiger partial charge in [-0.05, 0) is 54.1 Å². The number of benzene rings is 3. The molecule has 0 aliphatic heterocycles. The quantitative estimate of drug-likeness (QED) is 0.520. The van der Waals surface area contributed by atoms with Crippen LogP contribution >= 0.6 is 23.4 Å². The maximum absolute atomic E-state index is 12.6. The normalized spacial score (nSPS) is 10.4. The van der Waals surface area contributed by atoms with Crippen molar-refractivity contribution in [2.24, 2.45) is 0 Å². The van der Waals surface area contributed by atoms with Gasteiger partial charge in [0.25, 0.3) is 5.91 Å². The van der Waals surface area contributed by atoms with E-state index in [1.807, 2.05) is 54.6 Å². The van der Waals surface area contributed by atoms with Crippen LogP contribution in [0.2, 0.25) is 5.02 Å². The number of carbonyl (C=O) groups is 2. The van der Waals surface area contributed by atoms with Gasteiger partial charge in [0.2, 0.25) is 5.91 Å². The van der Waals surface area contributed by atoms with Gasteiger partial charge in [-0.2, -0.15) is 0 Å². The van der Waals surface area contributed by atoms with Gasteiger partial charge in [0.1, 0.15) is 0 Å². The molecule has 0 spiro atoms. The molecule has 1 N–H and O–H groups in total. The van der Waals surface area contributed by atoms with Crippen molar-refractivity contribution in [3.05, 3.63) is 95.0 Å². The first kappa shape index (κ1) is 21.0. The fourth-order valence-corrected chi connectivity index (χ4v) is 3.65.